The molecule has 27 heavy (non-hydrogen) atoms. The summed E-state index contributed by atoms with van der Waals surface area (Å²) in [5, 5.41) is 4.83. The summed E-state index contributed by atoms with van der Waals surface area (Å²) in [7, 11) is 0. The fraction of sp³-hybridized carbons (Fsp3) is 0.429. The number of carbonyl (C=O) groups excluding carboxylic acids is 2. The number of nitrogens with zero attached hydrogens (tertiary/aromatic N) is 1. The first-order valence-corrected chi connectivity index (χ1v) is 10.2. The van der Waals surface area contributed by atoms with Crippen LogP contribution in [0.1, 0.15) is 52.3 Å². The number of rotatable bonds is 6. The van der Waals surface area contributed by atoms with Crippen molar-refractivity contribution in [1.82, 2.24) is 10.2 Å². The number of aryl methyl sites for hydroxylation is 1. The molecule has 0 aliphatic carbocycles. The smallest absolute Gasteiger partial charge is 0.264 e. The Hall–Kier alpha value is -2.34. The highest BCUT2D eigenvalue weighted by Crippen LogP contribution is 2.25. The summed E-state index contributed by atoms with van der Waals surface area (Å²) in [6, 6.07) is 9.31. The van der Waals surface area contributed by atoms with Gasteiger partial charge in [0, 0.05) is 18.2 Å². The summed E-state index contributed by atoms with van der Waals surface area (Å²) in [6.45, 7) is 7.08. The number of benzene rings is 1. The molecule has 1 N–H and O–H groups in total. The molecule has 0 radical (unpaired) electrons. The average molecular weight is 387 g/mol. The molecule has 2 heterocycles. The van der Waals surface area contributed by atoms with Gasteiger partial charge in [-0.1, -0.05) is 0 Å². The third-order valence-electron chi connectivity index (χ3n) is 4.67. The molecule has 1 aromatic carbocycles. The lowest BCUT2D eigenvalue weighted by Crippen LogP contribution is -2.39. The molecule has 1 aromatic heterocycles. The summed E-state index contributed by atoms with van der Waals surface area (Å²) in [5.41, 5.74) is 1.65. The third kappa shape index (κ3) is 4.69. The Morgan fingerprint density at radius 3 is 2.63 bits per heavy atom. The minimum atomic E-state index is -0.0876. The normalized spacial score (nSPS) is 16.6. The first-order valence-electron chi connectivity index (χ1n) is 9.34. The second-order valence-corrected chi connectivity index (χ2v) is 8.11. The quantitative estimate of drug-likeness (QED) is 0.820. The molecule has 1 atom stereocenters. The predicted octanol–water partition coefficient (Wildman–Crippen LogP) is 3.88. The van der Waals surface area contributed by atoms with Gasteiger partial charge in [-0.3, -0.25) is 9.59 Å². The number of nitrogens with one attached hydrogen (secondary N) is 1. The molecule has 1 aliphatic heterocycles. The van der Waals surface area contributed by atoms with Crippen LogP contribution in [0.2, 0.25) is 0 Å². The van der Waals surface area contributed by atoms with Crippen LogP contribution >= 0.6 is 11.3 Å². The lowest BCUT2D eigenvalue weighted by Gasteiger charge is -2.24. The van der Waals surface area contributed by atoms with E-state index in [1.165, 1.54) is 11.3 Å². The van der Waals surface area contributed by atoms with Gasteiger partial charge in [0.05, 0.1) is 10.9 Å². The van der Waals surface area contributed by atoms with E-state index < -0.39 is 0 Å². The van der Waals surface area contributed by atoms with Crippen molar-refractivity contribution in [2.75, 3.05) is 13.2 Å². The van der Waals surface area contributed by atoms with Crippen LogP contribution in [0.15, 0.2) is 35.7 Å². The van der Waals surface area contributed by atoms with Gasteiger partial charge in [-0.15, -0.1) is 11.3 Å². The molecule has 144 valence electrons. The van der Waals surface area contributed by atoms with E-state index in [9.17, 15) is 9.59 Å². The zero-order valence-electron chi connectivity index (χ0n) is 16.0. The van der Waals surface area contributed by atoms with Crippen molar-refractivity contribution in [3.05, 3.63) is 51.7 Å². The first-order chi connectivity index (χ1) is 13.0. The van der Waals surface area contributed by atoms with Gasteiger partial charge < -0.3 is 15.0 Å². The largest absolute Gasteiger partial charge is 0.491 e. The highest BCUT2D eigenvalue weighted by atomic mass is 32.1. The number of hydrogen-bond acceptors (Lipinski definition) is 4. The number of carbonyl (C=O) groups is 2. The maximum atomic E-state index is 12.8. The molecule has 2 amide bonds. The van der Waals surface area contributed by atoms with Crippen molar-refractivity contribution in [3.8, 4) is 5.75 Å². The average Bonchev–Trinajstić information content (AvgIpc) is 3.28. The molecule has 1 saturated heterocycles. The van der Waals surface area contributed by atoms with Gasteiger partial charge in [-0.2, -0.15) is 0 Å². The number of thiophene rings is 1. The highest BCUT2D eigenvalue weighted by Gasteiger charge is 2.31. The zero-order chi connectivity index (χ0) is 19.4. The van der Waals surface area contributed by atoms with E-state index in [-0.39, 0.29) is 23.9 Å². The number of hydrogen-bond donors (Lipinski definition) is 1. The van der Waals surface area contributed by atoms with E-state index in [0.29, 0.717) is 17.9 Å². The minimum absolute atomic E-state index is 0.0860. The van der Waals surface area contributed by atoms with E-state index in [1.807, 2.05) is 37.1 Å². The van der Waals surface area contributed by atoms with Crippen LogP contribution in [-0.4, -0.2) is 41.9 Å². The summed E-state index contributed by atoms with van der Waals surface area (Å²) in [6.07, 6.45) is 1.95. The molecule has 5 nitrogen and oxygen atoms in total. The first kappa shape index (κ1) is 19.4. The summed E-state index contributed by atoms with van der Waals surface area (Å²) >= 11 is 1.50. The van der Waals surface area contributed by atoms with E-state index in [4.69, 9.17) is 4.74 Å². The van der Waals surface area contributed by atoms with Gasteiger partial charge in [0.2, 0.25) is 0 Å². The molecule has 0 spiro atoms. The second kappa shape index (κ2) is 8.57. The van der Waals surface area contributed by atoms with Gasteiger partial charge in [0.1, 0.15) is 12.4 Å². The van der Waals surface area contributed by atoms with Crippen molar-refractivity contribution in [1.29, 1.82) is 0 Å². The maximum absolute atomic E-state index is 12.8. The number of ether oxygens (including phenoxy) is 1. The standard InChI is InChI=1S/C21H26N2O3S/c1-14(2)22-20(24)16-6-8-18(9-7-16)26-13-17-5-4-11-23(17)21(25)19-15(3)10-12-27-19/h6-10,12,14,17H,4-5,11,13H2,1-3H3,(H,22,24). The highest BCUT2D eigenvalue weighted by molar-refractivity contribution is 7.12. The van der Waals surface area contributed by atoms with Crippen LogP contribution in [0.3, 0.4) is 0 Å². The van der Waals surface area contributed by atoms with Crippen LogP contribution in [0, 0.1) is 6.92 Å². The van der Waals surface area contributed by atoms with Gasteiger partial charge in [-0.05, 0) is 74.9 Å². The van der Waals surface area contributed by atoms with Gasteiger partial charge in [0.15, 0.2) is 0 Å². The molecular formula is C21H26N2O3S. The molecule has 3 rings (SSSR count). The van der Waals surface area contributed by atoms with Gasteiger partial charge >= 0.3 is 0 Å². The Labute approximate surface area is 164 Å². The van der Waals surface area contributed by atoms with Crippen molar-refractivity contribution < 1.29 is 14.3 Å². The van der Waals surface area contributed by atoms with E-state index in [0.717, 1.165) is 29.8 Å². The van der Waals surface area contributed by atoms with Crippen LogP contribution in [0.4, 0.5) is 0 Å². The SMILES string of the molecule is Cc1ccsc1C(=O)N1CCCC1COc1ccc(C(=O)NC(C)C)cc1. The van der Waals surface area contributed by atoms with Crippen molar-refractivity contribution >= 4 is 23.2 Å². The third-order valence-corrected chi connectivity index (χ3v) is 5.68. The van der Waals surface area contributed by atoms with Gasteiger partial charge in [-0.25, -0.2) is 0 Å². The molecule has 1 aliphatic rings. The number of amides is 2. The van der Waals surface area contributed by atoms with Crippen LogP contribution in [0.5, 0.6) is 5.75 Å². The molecular weight excluding hydrogens is 360 g/mol. The Bertz CT molecular complexity index is 798. The van der Waals surface area contributed by atoms with E-state index in [1.54, 1.807) is 24.3 Å². The lowest BCUT2D eigenvalue weighted by atomic mass is 10.2. The summed E-state index contributed by atoms with van der Waals surface area (Å²) in [5.74, 6) is 0.729. The van der Waals surface area contributed by atoms with Gasteiger partial charge in [0.25, 0.3) is 11.8 Å². The summed E-state index contributed by atoms with van der Waals surface area (Å²) in [4.78, 5) is 27.5. The second-order valence-electron chi connectivity index (χ2n) is 7.19. The monoisotopic (exact) mass is 386 g/mol. The zero-order valence-corrected chi connectivity index (χ0v) is 16.8. The van der Waals surface area contributed by atoms with Crippen LogP contribution in [-0.2, 0) is 0 Å². The molecule has 1 unspecified atom stereocenters. The Kier molecular flexibility index (Phi) is 6.16. The predicted molar refractivity (Wildman–Crippen MR) is 108 cm³/mol. The molecule has 0 bridgehead atoms. The topological polar surface area (TPSA) is 58.6 Å². The molecule has 2 aromatic rings. The Balaban J connectivity index is 1.58. The fourth-order valence-electron chi connectivity index (χ4n) is 3.24. The van der Waals surface area contributed by atoms with E-state index >= 15 is 0 Å². The van der Waals surface area contributed by atoms with Crippen molar-refractivity contribution in [3.63, 3.8) is 0 Å². The van der Waals surface area contributed by atoms with Crippen molar-refractivity contribution in [2.24, 2.45) is 0 Å². The van der Waals surface area contributed by atoms with Crippen LogP contribution < -0.4 is 10.1 Å². The molecule has 0 saturated carbocycles. The van der Waals surface area contributed by atoms with E-state index in [2.05, 4.69) is 5.32 Å². The van der Waals surface area contributed by atoms with Crippen LogP contribution in [0.25, 0.3) is 0 Å². The molecule has 6 heteroatoms. The Morgan fingerprint density at radius 2 is 2.00 bits per heavy atom. The maximum Gasteiger partial charge on any atom is 0.264 e. The fourth-order valence-corrected chi connectivity index (χ4v) is 4.12. The minimum Gasteiger partial charge on any atom is -0.491 e. The molecule has 1 fully saturated rings. The summed E-state index contributed by atoms with van der Waals surface area (Å²) < 4.78 is 5.91. The Morgan fingerprint density at radius 1 is 1.26 bits per heavy atom. The lowest BCUT2D eigenvalue weighted by molar-refractivity contribution is 0.0695. The number of likely N-dealkylation sites (tertiary alicyclic amines) is 1. The van der Waals surface area contributed by atoms with Crippen molar-refractivity contribution in [2.45, 2.75) is 45.7 Å².